The van der Waals surface area contributed by atoms with E-state index in [0.29, 0.717) is 12.1 Å². The summed E-state index contributed by atoms with van der Waals surface area (Å²) in [7, 11) is 2.10. The van der Waals surface area contributed by atoms with E-state index in [1.807, 2.05) is 36.4 Å². The van der Waals surface area contributed by atoms with Crippen molar-refractivity contribution < 1.29 is 4.79 Å². The normalized spacial score (nSPS) is 17.4. The number of hydrogen-bond donors (Lipinski definition) is 1. The molecule has 0 aliphatic carbocycles. The maximum atomic E-state index is 12.3. The molecule has 1 unspecified atom stereocenters. The van der Waals surface area contributed by atoms with Crippen LogP contribution in [0.1, 0.15) is 34.0 Å². The molecular formula is C20H23ClN2O. The summed E-state index contributed by atoms with van der Waals surface area (Å²) < 4.78 is 0. The van der Waals surface area contributed by atoms with Gasteiger partial charge in [0.2, 0.25) is 0 Å². The second-order valence-corrected chi connectivity index (χ2v) is 6.88. The molecule has 1 N–H and O–H groups in total. The smallest absolute Gasteiger partial charge is 0.251 e. The summed E-state index contributed by atoms with van der Waals surface area (Å²) in [6.45, 7) is 3.63. The van der Waals surface area contributed by atoms with Crippen molar-refractivity contribution in [3.8, 4) is 0 Å². The third-order valence-corrected chi connectivity index (χ3v) is 5.02. The van der Waals surface area contributed by atoms with E-state index in [0.717, 1.165) is 24.4 Å². The number of rotatable bonds is 4. The Morgan fingerprint density at radius 2 is 1.96 bits per heavy atom. The van der Waals surface area contributed by atoms with Crippen LogP contribution in [0.5, 0.6) is 0 Å². The van der Waals surface area contributed by atoms with Gasteiger partial charge in [-0.1, -0.05) is 36.7 Å². The van der Waals surface area contributed by atoms with Crippen molar-refractivity contribution in [1.29, 1.82) is 0 Å². The molecule has 3 nitrogen and oxygen atoms in total. The zero-order chi connectivity index (χ0) is 17.1. The fraction of sp³-hybridized carbons (Fsp3) is 0.350. The molecule has 0 aromatic heterocycles. The highest BCUT2D eigenvalue weighted by molar-refractivity contribution is 6.30. The summed E-state index contributed by atoms with van der Waals surface area (Å²) in [5, 5.41) is 3.84. The van der Waals surface area contributed by atoms with Gasteiger partial charge in [-0.05, 0) is 60.8 Å². The lowest BCUT2D eigenvalue weighted by molar-refractivity contribution is 0.0934. The van der Waals surface area contributed by atoms with E-state index >= 15 is 0 Å². The zero-order valence-corrected chi connectivity index (χ0v) is 14.9. The summed E-state index contributed by atoms with van der Waals surface area (Å²) in [6.07, 6.45) is 1.89. The van der Waals surface area contributed by atoms with Crippen LogP contribution in [0, 0.1) is 0 Å². The molecule has 0 bridgehead atoms. The van der Waals surface area contributed by atoms with Crippen LogP contribution < -0.4 is 5.32 Å². The first-order chi connectivity index (χ1) is 11.6. The monoisotopic (exact) mass is 342 g/mol. The summed E-state index contributed by atoms with van der Waals surface area (Å²) in [4.78, 5) is 14.6. The molecule has 0 radical (unpaired) electrons. The van der Waals surface area contributed by atoms with Gasteiger partial charge >= 0.3 is 0 Å². The number of fused-ring (bicyclic) bond motifs is 1. The Balaban J connectivity index is 1.62. The van der Waals surface area contributed by atoms with Crippen LogP contribution in [-0.2, 0) is 19.4 Å². The Hall–Kier alpha value is -1.84. The van der Waals surface area contributed by atoms with Gasteiger partial charge < -0.3 is 5.32 Å². The van der Waals surface area contributed by atoms with Gasteiger partial charge in [0, 0.05) is 29.7 Å². The molecule has 2 aromatic rings. The van der Waals surface area contributed by atoms with E-state index in [2.05, 4.69) is 30.3 Å². The number of likely N-dealkylation sites (N-methyl/N-ethyl adjacent to an activating group) is 1. The van der Waals surface area contributed by atoms with E-state index < -0.39 is 0 Å². The maximum Gasteiger partial charge on any atom is 0.251 e. The van der Waals surface area contributed by atoms with E-state index in [-0.39, 0.29) is 11.9 Å². The highest BCUT2D eigenvalue weighted by Gasteiger charge is 2.24. The first-order valence-electron chi connectivity index (χ1n) is 8.41. The first-order valence-corrected chi connectivity index (χ1v) is 8.79. The number of nitrogens with one attached hydrogen (secondary N) is 1. The Morgan fingerprint density at radius 1 is 1.21 bits per heavy atom. The highest BCUT2D eigenvalue weighted by atomic mass is 35.5. The summed E-state index contributed by atoms with van der Waals surface area (Å²) >= 11 is 6.11. The Labute approximate surface area is 148 Å². The van der Waals surface area contributed by atoms with Crippen molar-refractivity contribution in [3.63, 3.8) is 0 Å². The second kappa shape index (κ2) is 7.37. The molecule has 1 aliphatic heterocycles. The highest BCUT2D eigenvalue weighted by Crippen LogP contribution is 2.24. The fourth-order valence-electron chi connectivity index (χ4n) is 3.18. The minimum Gasteiger partial charge on any atom is -0.350 e. The summed E-state index contributed by atoms with van der Waals surface area (Å²) in [5.41, 5.74) is 4.56. The standard InChI is InChI=1S/C20H23ClN2O/c1-3-14-4-6-15(7-5-14)20(24)22-12-19-11-17-10-18(21)9-8-16(17)13-23(19)2/h4-10,19H,3,11-13H2,1-2H3,(H,22,24). The van der Waals surface area contributed by atoms with Crippen molar-refractivity contribution in [2.75, 3.05) is 13.6 Å². The lowest BCUT2D eigenvalue weighted by atomic mass is 9.94. The molecular weight excluding hydrogens is 320 g/mol. The van der Waals surface area contributed by atoms with E-state index in [1.54, 1.807) is 0 Å². The molecule has 1 aliphatic rings. The quantitative estimate of drug-likeness (QED) is 0.919. The van der Waals surface area contributed by atoms with Crippen LogP contribution in [0.15, 0.2) is 42.5 Å². The van der Waals surface area contributed by atoms with Gasteiger partial charge in [0.15, 0.2) is 0 Å². The third-order valence-electron chi connectivity index (χ3n) is 4.79. The summed E-state index contributed by atoms with van der Waals surface area (Å²) in [6, 6.07) is 14.2. The molecule has 0 saturated carbocycles. The van der Waals surface area contributed by atoms with E-state index in [9.17, 15) is 4.79 Å². The minimum atomic E-state index is -0.0112. The first kappa shape index (κ1) is 17.0. The van der Waals surface area contributed by atoms with Crippen LogP contribution >= 0.6 is 11.6 Å². The van der Waals surface area contributed by atoms with Crippen molar-refractivity contribution in [1.82, 2.24) is 10.2 Å². The number of carbonyl (C=O) groups is 1. The number of halogens is 1. The Kier molecular flexibility index (Phi) is 5.22. The maximum absolute atomic E-state index is 12.3. The molecule has 3 rings (SSSR count). The average Bonchev–Trinajstić information content (AvgIpc) is 2.60. The van der Waals surface area contributed by atoms with Gasteiger partial charge in [-0.3, -0.25) is 9.69 Å². The predicted molar refractivity (Wildman–Crippen MR) is 98.6 cm³/mol. The van der Waals surface area contributed by atoms with Gasteiger partial charge in [-0.2, -0.15) is 0 Å². The number of hydrogen-bond acceptors (Lipinski definition) is 2. The molecule has 1 atom stereocenters. The molecule has 1 heterocycles. The topological polar surface area (TPSA) is 32.3 Å². The Morgan fingerprint density at radius 3 is 2.67 bits per heavy atom. The minimum absolute atomic E-state index is 0.0112. The molecule has 1 amide bonds. The fourth-order valence-corrected chi connectivity index (χ4v) is 3.37. The largest absolute Gasteiger partial charge is 0.350 e. The third kappa shape index (κ3) is 3.80. The van der Waals surface area contributed by atoms with Crippen LogP contribution in [0.3, 0.4) is 0 Å². The van der Waals surface area contributed by atoms with Gasteiger partial charge in [-0.25, -0.2) is 0 Å². The Bertz CT molecular complexity index is 727. The molecule has 2 aromatic carbocycles. The van der Waals surface area contributed by atoms with Crippen LogP contribution in [-0.4, -0.2) is 30.4 Å². The van der Waals surface area contributed by atoms with Crippen LogP contribution in [0.25, 0.3) is 0 Å². The average molecular weight is 343 g/mol. The molecule has 126 valence electrons. The summed E-state index contributed by atoms with van der Waals surface area (Å²) in [5.74, 6) is -0.0112. The molecule has 4 heteroatoms. The van der Waals surface area contributed by atoms with Crippen LogP contribution in [0.2, 0.25) is 5.02 Å². The van der Waals surface area contributed by atoms with Gasteiger partial charge in [-0.15, -0.1) is 0 Å². The van der Waals surface area contributed by atoms with Crippen molar-refractivity contribution in [2.24, 2.45) is 0 Å². The number of amides is 1. The van der Waals surface area contributed by atoms with Crippen molar-refractivity contribution in [2.45, 2.75) is 32.4 Å². The van der Waals surface area contributed by atoms with E-state index in [1.165, 1.54) is 16.7 Å². The number of aryl methyl sites for hydroxylation is 1. The van der Waals surface area contributed by atoms with E-state index in [4.69, 9.17) is 11.6 Å². The SMILES string of the molecule is CCc1ccc(C(=O)NCC2Cc3cc(Cl)ccc3CN2C)cc1. The number of carbonyl (C=O) groups excluding carboxylic acids is 1. The lowest BCUT2D eigenvalue weighted by Gasteiger charge is -2.34. The van der Waals surface area contributed by atoms with Crippen LogP contribution in [0.4, 0.5) is 0 Å². The second-order valence-electron chi connectivity index (χ2n) is 6.45. The van der Waals surface area contributed by atoms with Gasteiger partial charge in [0.05, 0.1) is 0 Å². The van der Waals surface area contributed by atoms with Crippen molar-refractivity contribution >= 4 is 17.5 Å². The molecule has 24 heavy (non-hydrogen) atoms. The lowest BCUT2D eigenvalue weighted by Crippen LogP contribution is -2.45. The van der Waals surface area contributed by atoms with Crippen molar-refractivity contribution in [3.05, 3.63) is 69.7 Å². The molecule has 0 fully saturated rings. The molecule has 0 spiro atoms. The number of nitrogens with zero attached hydrogens (tertiary/aromatic N) is 1. The van der Waals surface area contributed by atoms with Gasteiger partial charge in [0.25, 0.3) is 5.91 Å². The molecule has 0 saturated heterocycles. The predicted octanol–water partition coefficient (Wildman–Crippen LogP) is 3.69. The number of benzene rings is 2. The zero-order valence-electron chi connectivity index (χ0n) is 14.2. The van der Waals surface area contributed by atoms with Gasteiger partial charge in [0.1, 0.15) is 0 Å².